The Kier molecular flexibility index (Phi) is 3.51. The molecule has 0 N–H and O–H groups in total. The van der Waals surface area contributed by atoms with E-state index in [2.05, 4.69) is 9.97 Å². The first-order valence-electron chi connectivity index (χ1n) is 8.62. The maximum Gasteiger partial charge on any atom is 0.236 e. The minimum Gasteiger partial charge on any atom is -0.436 e. The average Bonchev–Trinajstić information content (AvgIpc) is 3.08. The van der Waals surface area contributed by atoms with Gasteiger partial charge in [-0.2, -0.15) is 0 Å². The van der Waals surface area contributed by atoms with E-state index in [1.807, 2.05) is 65.1 Å². The molecule has 3 heterocycles. The van der Waals surface area contributed by atoms with Gasteiger partial charge < -0.3 is 9.32 Å². The van der Waals surface area contributed by atoms with Crippen LogP contribution in [0.2, 0.25) is 0 Å². The number of benzene rings is 1. The standard InChI is InChI=1S/C21H21N3O2/c1-12-10-15(8-9-22-12)19-23-13(2)18(26-19)14-6-7-16-17(11-14)24(5)20(25)21(16,3)4/h6-11H,1-5H3. The predicted octanol–water partition coefficient (Wildman–Crippen LogP) is 4.27. The normalized spacial score (nSPS) is 15.4. The summed E-state index contributed by atoms with van der Waals surface area (Å²) >= 11 is 0. The maximum atomic E-state index is 12.5. The first kappa shape index (κ1) is 16.5. The third kappa shape index (κ3) is 2.35. The van der Waals surface area contributed by atoms with Crippen LogP contribution in [0.4, 0.5) is 5.69 Å². The fourth-order valence-electron chi connectivity index (χ4n) is 3.59. The number of aryl methyl sites for hydroxylation is 2. The lowest BCUT2D eigenvalue weighted by Gasteiger charge is -2.16. The predicted molar refractivity (Wildman–Crippen MR) is 101 cm³/mol. The van der Waals surface area contributed by atoms with Crippen molar-refractivity contribution in [3.8, 4) is 22.8 Å². The lowest BCUT2D eigenvalue weighted by molar-refractivity contribution is -0.121. The Bertz CT molecular complexity index is 1030. The molecule has 0 saturated carbocycles. The summed E-state index contributed by atoms with van der Waals surface area (Å²) in [5, 5.41) is 0. The fourth-order valence-corrected chi connectivity index (χ4v) is 3.59. The third-order valence-electron chi connectivity index (χ3n) is 5.07. The highest BCUT2D eigenvalue weighted by Gasteiger charge is 2.42. The number of hydrogen-bond donors (Lipinski definition) is 0. The van der Waals surface area contributed by atoms with Crippen LogP contribution in [-0.4, -0.2) is 22.9 Å². The molecule has 1 aliphatic rings. The number of amides is 1. The number of hydrogen-bond acceptors (Lipinski definition) is 4. The lowest BCUT2D eigenvalue weighted by atomic mass is 9.86. The molecule has 1 aliphatic heterocycles. The second-order valence-corrected chi connectivity index (χ2v) is 7.34. The summed E-state index contributed by atoms with van der Waals surface area (Å²) in [6.07, 6.45) is 1.75. The van der Waals surface area contributed by atoms with Crippen molar-refractivity contribution < 1.29 is 9.21 Å². The van der Waals surface area contributed by atoms with Crippen molar-refractivity contribution in [2.75, 3.05) is 11.9 Å². The fraction of sp³-hybridized carbons (Fsp3) is 0.286. The van der Waals surface area contributed by atoms with Crippen LogP contribution in [0.3, 0.4) is 0 Å². The van der Waals surface area contributed by atoms with Crippen LogP contribution in [0.5, 0.6) is 0 Å². The minimum atomic E-state index is -0.501. The molecule has 3 aromatic rings. The summed E-state index contributed by atoms with van der Waals surface area (Å²) in [6.45, 7) is 7.79. The maximum absolute atomic E-state index is 12.5. The number of aromatic nitrogens is 2. The van der Waals surface area contributed by atoms with Gasteiger partial charge in [-0.1, -0.05) is 12.1 Å². The van der Waals surface area contributed by atoms with Gasteiger partial charge in [-0.25, -0.2) is 4.98 Å². The van der Waals surface area contributed by atoms with Crippen molar-refractivity contribution >= 4 is 11.6 Å². The van der Waals surface area contributed by atoms with E-state index in [9.17, 15) is 4.79 Å². The summed E-state index contributed by atoms with van der Waals surface area (Å²) < 4.78 is 6.07. The molecule has 0 spiro atoms. The van der Waals surface area contributed by atoms with E-state index in [-0.39, 0.29) is 5.91 Å². The summed E-state index contributed by atoms with van der Waals surface area (Å²) in [5.74, 6) is 1.41. The van der Waals surface area contributed by atoms with Gasteiger partial charge in [-0.05, 0) is 51.5 Å². The van der Waals surface area contributed by atoms with E-state index in [4.69, 9.17) is 4.42 Å². The number of likely N-dealkylation sites (N-methyl/N-ethyl adjacent to an activating group) is 1. The van der Waals surface area contributed by atoms with E-state index in [0.29, 0.717) is 5.89 Å². The van der Waals surface area contributed by atoms with Crippen molar-refractivity contribution in [1.29, 1.82) is 0 Å². The summed E-state index contributed by atoms with van der Waals surface area (Å²) in [7, 11) is 1.82. The van der Waals surface area contributed by atoms with E-state index in [1.54, 1.807) is 11.1 Å². The van der Waals surface area contributed by atoms with Crippen LogP contribution in [0, 0.1) is 13.8 Å². The molecule has 0 fully saturated rings. The van der Waals surface area contributed by atoms with E-state index in [0.717, 1.165) is 39.5 Å². The van der Waals surface area contributed by atoms with Crippen molar-refractivity contribution in [2.45, 2.75) is 33.1 Å². The van der Waals surface area contributed by atoms with Crippen LogP contribution < -0.4 is 4.90 Å². The van der Waals surface area contributed by atoms with Gasteiger partial charge in [0, 0.05) is 35.8 Å². The molecule has 1 amide bonds. The number of rotatable bonds is 2. The summed E-state index contributed by atoms with van der Waals surface area (Å²) in [4.78, 5) is 23.0. The van der Waals surface area contributed by atoms with Crippen LogP contribution in [0.15, 0.2) is 40.9 Å². The highest BCUT2D eigenvalue weighted by Crippen LogP contribution is 2.43. The molecule has 5 heteroatoms. The highest BCUT2D eigenvalue weighted by atomic mass is 16.4. The van der Waals surface area contributed by atoms with Gasteiger partial charge in [0.1, 0.15) is 0 Å². The minimum absolute atomic E-state index is 0.104. The number of anilines is 1. The quantitative estimate of drug-likeness (QED) is 0.694. The average molecular weight is 347 g/mol. The Morgan fingerprint density at radius 1 is 1.08 bits per heavy atom. The first-order chi connectivity index (χ1) is 12.3. The molecule has 26 heavy (non-hydrogen) atoms. The Hall–Kier alpha value is -2.95. The molecule has 0 atom stereocenters. The molecule has 0 aliphatic carbocycles. The molecule has 0 bridgehead atoms. The zero-order chi connectivity index (χ0) is 18.6. The number of nitrogens with zero attached hydrogens (tertiary/aromatic N) is 3. The van der Waals surface area contributed by atoms with Crippen LogP contribution >= 0.6 is 0 Å². The Balaban J connectivity index is 1.80. The molecule has 132 valence electrons. The second kappa shape index (κ2) is 5.53. The Morgan fingerprint density at radius 3 is 2.58 bits per heavy atom. The summed E-state index contributed by atoms with van der Waals surface area (Å²) in [5.41, 5.74) is 5.02. The zero-order valence-electron chi connectivity index (χ0n) is 15.6. The zero-order valence-corrected chi connectivity index (χ0v) is 15.6. The van der Waals surface area contributed by atoms with Gasteiger partial charge in [-0.15, -0.1) is 0 Å². The van der Waals surface area contributed by atoms with Gasteiger partial charge in [0.05, 0.1) is 11.1 Å². The van der Waals surface area contributed by atoms with Crippen molar-refractivity contribution in [2.24, 2.45) is 0 Å². The topological polar surface area (TPSA) is 59.2 Å². The molecular formula is C21H21N3O2. The van der Waals surface area contributed by atoms with Crippen LogP contribution in [-0.2, 0) is 10.2 Å². The number of pyridine rings is 1. The van der Waals surface area contributed by atoms with E-state index < -0.39 is 5.41 Å². The molecule has 5 nitrogen and oxygen atoms in total. The van der Waals surface area contributed by atoms with Crippen molar-refractivity contribution in [1.82, 2.24) is 9.97 Å². The monoisotopic (exact) mass is 347 g/mol. The number of carbonyl (C=O) groups is 1. The van der Waals surface area contributed by atoms with Crippen molar-refractivity contribution in [3.05, 3.63) is 53.5 Å². The highest BCUT2D eigenvalue weighted by molar-refractivity contribution is 6.07. The molecule has 1 aromatic carbocycles. The SMILES string of the molecule is Cc1cc(-c2nc(C)c(-c3ccc4c(c3)N(C)C(=O)C4(C)C)o2)ccn1. The van der Waals surface area contributed by atoms with Gasteiger partial charge >= 0.3 is 0 Å². The Morgan fingerprint density at radius 2 is 1.85 bits per heavy atom. The van der Waals surface area contributed by atoms with Gasteiger partial charge in [0.25, 0.3) is 0 Å². The van der Waals surface area contributed by atoms with Gasteiger partial charge in [0.15, 0.2) is 5.76 Å². The largest absolute Gasteiger partial charge is 0.436 e. The van der Waals surface area contributed by atoms with Crippen LogP contribution in [0.1, 0.15) is 30.8 Å². The van der Waals surface area contributed by atoms with Gasteiger partial charge in [0.2, 0.25) is 11.8 Å². The molecule has 4 rings (SSSR count). The second-order valence-electron chi connectivity index (χ2n) is 7.34. The van der Waals surface area contributed by atoms with Crippen LogP contribution in [0.25, 0.3) is 22.8 Å². The third-order valence-corrected chi connectivity index (χ3v) is 5.07. The van der Waals surface area contributed by atoms with E-state index >= 15 is 0 Å². The van der Waals surface area contributed by atoms with Gasteiger partial charge in [-0.3, -0.25) is 9.78 Å². The van der Waals surface area contributed by atoms with E-state index in [1.165, 1.54) is 0 Å². The Labute approximate surface area is 152 Å². The number of fused-ring (bicyclic) bond motifs is 1. The van der Waals surface area contributed by atoms with Crippen molar-refractivity contribution in [3.63, 3.8) is 0 Å². The summed E-state index contributed by atoms with van der Waals surface area (Å²) in [6, 6.07) is 9.87. The lowest BCUT2D eigenvalue weighted by Crippen LogP contribution is -2.33. The molecule has 0 radical (unpaired) electrons. The molecule has 2 aromatic heterocycles. The molecular weight excluding hydrogens is 326 g/mol. The first-order valence-corrected chi connectivity index (χ1v) is 8.62. The molecule has 0 unspecified atom stereocenters. The molecule has 0 saturated heterocycles. The number of oxazole rings is 1. The smallest absolute Gasteiger partial charge is 0.236 e. The number of carbonyl (C=O) groups excluding carboxylic acids is 1.